The maximum atomic E-state index is 14.1. The van der Waals surface area contributed by atoms with E-state index in [0.29, 0.717) is 18.0 Å². The van der Waals surface area contributed by atoms with E-state index in [1.54, 1.807) is 65.4 Å². The van der Waals surface area contributed by atoms with E-state index in [4.69, 9.17) is 9.47 Å². The van der Waals surface area contributed by atoms with Crippen LogP contribution < -0.4 is 14.8 Å². The highest BCUT2D eigenvalue weighted by molar-refractivity contribution is 5.91. The van der Waals surface area contributed by atoms with E-state index in [9.17, 15) is 19.5 Å². The van der Waals surface area contributed by atoms with Crippen molar-refractivity contribution in [2.75, 3.05) is 33.9 Å². The number of aromatic hydroxyl groups is 1. The van der Waals surface area contributed by atoms with Crippen LogP contribution in [0.2, 0.25) is 0 Å². The Morgan fingerprint density at radius 3 is 2.39 bits per heavy atom. The molecule has 2 saturated heterocycles. The summed E-state index contributed by atoms with van der Waals surface area (Å²) in [6.45, 7) is 4.70. The Bertz CT molecular complexity index is 1500. The topological polar surface area (TPSA) is 115 Å². The first kappa shape index (κ1) is 30.4. The van der Waals surface area contributed by atoms with Crippen LogP contribution in [0.3, 0.4) is 0 Å². The molecule has 2 aliphatic rings. The lowest BCUT2D eigenvalue weighted by Gasteiger charge is -2.46. The zero-order valence-electron chi connectivity index (χ0n) is 24.9. The van der Waals surface area contributed by atoms with Crippen molar-refractivity contribution in [1.29, 1.82) is 0 Å². The molecular formula is C33H37N5O6. The number of nitrogens with one attached hydrogen (secondary N) is 1. The standard InChI is InChI=1S/C33H37N5O6/c1-4-16-36(33(42)34-19-24-8-6-5-7-9-24)37-22-31(40)38-27(17-23-10-13-26(39)14-11-23)32(41)35(21-30(37)38)20-25-12-15-28(43-2)29(18-25)44-3/h4-15,18,27,30,39H,1,16-17,19-22H2,2-3H3,(H,34,42)/t27-,30+/m0/s1. The van der Waals surface area contributed by atoms with Crippen LogP contribution in [0.5, 0.6) is 17.2 Å². The predicted molar refractivity (Wildman–Crippen MR) is 163 cm³/mol. The molecule has 0 aliphatic carbocycles. The number of fused-ring (bicyclic) bond motifs is 1. The lowest BCUT2D eigenvalue weighted by Crippen LogP contribution is -2.66. The van der Waals surface area contributed by atoms with Crippen LogP contribution in [-0.2, 0) is 29.1 Å². The summed E-state index contributed by atoms with van der Waals surface area (Å²) < 4.78 is 10.8. The Hall–Kier alpha value is -5.03. The number of hydrogen-bond acceptors (Lipinski definition) is 7. The van der Waals surface area contributed by atoms with Gasteiger partial charge >= 0.3 is 6.03 Å². The summed E-state index contributed by atoms with van der Waals surface area (Å²) in [6.07, 6.45) is 1.27. The van der Waals surface area contributed by atoms with E-state index < -0.39 is 12.2 Å². The van der Waals surface area contributed by atoms with Gasteiger partial charge in [0.1, 0.15) is 18.0 Å². The summed E-state index contributed by atoms with van der Waals surface area (Å²) >= 11 is 0. The second-order valence-electron chi connectivity index (χ2n) is 10.7. The van der Waals surface area contributed by atoms with Gasteiger partial charge < -0.3 is 29.7 Å². The van der Waals surface area contributed by atoms with Gasteiger partial charge in [0.2, 0.25) is 11.8 Å². The van der Waals surface area contributed by atoms with E-state index in [2.05, 4.69) is 11.9 Å². The van der Waals surface area contributed by atoms with Crippen LogP contribution in [0.15, 0.2) is 85.5 Å². The molecule has 0 saturated carbocycles. The molecule has 2 atom stereocenters. The molecule has 3 aromatic rings. The zero-order valence-corrected chi connectivity index (χ0v) is 24.9. The molecule has 3 aromatic carbocycles. The molecule has 5 rings (SSSR count). The highest BCUT2D eigenvalue weighted by Crippen LogP contribution is 2.32. The molecule has 0 bridgehead atoms. The third-order valence-electron chi connectivity index (χ3n) is 7.89. The van der Waals surface area contributed by atoms with Gasteiger partial charge in [-0.1, -0.05) is 54.6 Å². The Labute approximate surface area is 256 Å². The molecule has 11 nitrogen and oxygen atoms in total. The van der Waals surface area contributed by atoms with Crippen molar-refractivity contribution in [2.24, 2.45) is 0 Å². The highest BCUT2D eigenvalue weighted by Gasteiger charge is 2.52. The highest BCUT2D eigenvalue weighted by atomic mass is 16.5. The van der Waals surface area contributed by atoms with Gasteiger partial charge in [0.15, 0.2) is 11.5 Å². The summed E-state index contributed by atoms with van der Waals surface area (Å²) in [5.41, 5.74) is 2.56. The number of piperazine rings is 1. The number of benzene rings is 3. The normalized spacial score (nSPS) is 18.1. The van der Waals surface area contributed by atoms with Crippen LogP contribution in [0, 0.1) is 0 Å². The third-order valence-corrected chi connectivity index (χ3v) is 7.89. The van der Waals surface area contributed by atoms with Gasteiger partial charge in [-0.3, -0.25) is 14.6 Å². The van der Waals surface area contributed by atoms with Gasteiger partial charge in [-0.15, -0.1) is 6.58 Å². The second-order valence-corrected chi connectivity index (χ2v) is 10.7. The summed E-state index contributed by atoms with van der Waals surface area (Å²) in [5, 5.41) is 16.0. The average Bonchev–Trinajstić information content (AvgIpc) is 3.36. The van der Waals surface area contributed by atoms with Gasteiger partial charge in [0.25, 0.3) is 0 Å². The summed E-state index contributed by atoms with van der Waals surface area (Å²) in [4.78, 5) is 44.5. The van der Waals surface area contributed by atoms with Crippen LogP contribution in [-0.4, -0.2) is 88.8 Å². The molecule has 2 N–H and O–H groups in total. The fourth-order valence-corrected chi connectivity index (χ4v) is 5.74. The monoisotopic (exact) mass is 599 g/mol. The van der Waals surface area contributed by atoms with Gasteiger partial charge in [-0.25, -0.2) is 4.79 Å². The number of ether oxygens (including phenoxy) is 2. The van der Waals surface area contributed by atoms with Crippen LogP contribution in [0.1, 0.15) is 16.7 Å². The molecule has 0 unspecified atom stereocenters. The number of hydrazine groups is 1. The summed E-state index contributed by atoms with van der Waals surface area (Å²) in [5.74, 6) is 0.779. The molecule has 4 amide bonds. The van der Waals surface area contributed by atoms with Crippen molar-refractivity contribution >= 4 is 17.8 Å². The van der Waals surface area contributed by atoms with Gasteiger partial charge in [0, 0.05) is 19.5 Å². The second kappa shape index (κ2) is 13.5. The minimum Gasteiger partial charge on any atom is -0.508 e. The van der Waals surface area contributed by atoms with Crippen molar-refractivity contribution < 1.29 is 29.0 Å². The molecule has 2 aliphatic heterocycles. The number of nitrogens with zero attached hydrogens (tertiary/aromatic N) is 4. The number of carbonyl (C=O) groups excluding carboxylic acids is 3. The molecule has 230 valence electrons. The fourth-order valence-electron chi connectivity index (χ4n) is 5.74. The summed E-state index contributed by atoms with van der Waals surface area (Å²) in [7, 11) is 3.11. The van der Waals surface area contributed by atoms with Crippen molar-refractivity contribution in [1.82, 2.24) is 25.1 Å². The number of amides is 4. The van der Waals surface area contributed by atoms with E-state index in [1.807, 2.05) is 42.5 Å². The smallest absolute Gasteiger partial charge is 0.332 e. The van der Waals surface area contributed by atoms with Crippen molar-refractivity contribution in [3.8, 4) is 17.2 Å². The molecule has 2 fully saturated rings. The maximum Gasteiger partial charge on any atom is 0.332 e. The Kier molecular flexibility index (Phi) is 9.35. The van der Waals surface area contributed by atoms with Gasteiger partial charge in [-0.05, 0) is 41.0 Å². The first-order valence-corrected chi connectivity index (χ1v) is 14.4. The van der Waals surface area contributed by atoms with Crippen molar-refractivity contribution in [3.05, 3.63) is 102 Å². The molecular weight excluding hydrogens is 562 g/mol. The largest absolute Gasteiger partial charge is 0.508 e. The third kappa shape index (κ3) is 6.47. The quantitative estimate of drug-likeness (QED) is 0.326. The molecule has 11 heteroatoms. The number of methoxy groups -OCH3 is 2. The Morgan fingerprint density at radius 2 is 1.70 bits per heavy atom. The number of rotatable bonds is 11. The van der Waals surface area contributed by atoms with E-state index in [-0.39, 0.29) is 56.2 Å². The number of urea groups is 1. The Morgan fingerprint density at radius 1 is 1.00 bits per heavy atom. The maximum absolute atomic E-state index is 14.1. The lowest BCUT2D eigenvalue weighted by atomic mass is 10.00. The van der Waals surface area contributed by atoms with E-state index in [1.165, 1.54) is 5.01 Å². The molecule has 0 radical (unpaired) electrons. The molecule has 2 heterocycles. The van der Waals surface area contributed by atoms with Crippen molar-refractivity contribution in [3.63, 3.8) is 0 Å². The van der Waals surface area contributed by atoms with Crippen LogP contribution >= 0.6 is 0 Å². The minimum absolute atomic E-state index is 0.0686. The number of hydrogen-bond donors (Lipinski definition) is 2. The zero-order chi connectivity index (χ0) is 31.2. The number of carbonyl (C=O) groups is 3. The van der Waals surface area contributed by atoms with Crippen LogP contribution in [0.25, 0.3) is 0 Å². The van der Waals surface area contributed by atoms with E-state index in [0.717, 1.165) is 16.7 Å². The molecule has 44 heavy (non-hydrogen) atoms. The average molecular weight is 600 g/mol. The molecule has 0 spiro atoms. The predicted octanol–water partition coefficient (Wildman–Crippen LogP) is 3.15. The lowest BCUT2D eigenvalue weighted by molar-refractivity contribution is -0.157. The van der Waals surface area contributed by atoms with Crippen LogP contribution in [0.4, 0.5) is 4.79 Å². The Balaban J connectivity index is 1.45. The minimum atomic E-state index is -0.811. The van der Waals surface area contributed by atoms with Gasteiger partial charge in [-0.2, -0.15) is 5.01 Å². The first-order valence-electron chi connectivity index (χ1n) is 14.4. The fraction of sp³-hybridized carbons (Fsp3) is 0.303. The molecule has 0 aromatic heterocycles. The SMILES string of the molecule is C=CCN(C(=O)NCc1ccccc1)N1CC(=O)N2[C@@H](Cc3ccc(O)cc3)C(=O)N(Cc3ccc(OC)c(OC)c3)C[C@@H]21. The summed E-state index contributed by atoms with van der Waals surface area (Å²) in [6, 6.07) is 20.5. The number of phenols is 1. The first-order chi connectivity index (χ1) is 21.3. The van der Waals surface area contributed by atoms with Gasteiger partial charge in [0.05, 0.1) is 33.9 Å². The number of phenolic OH excluding ortho intramolecular Hbond substituents is 1. The van der Waals surface area contributed by atoms with E-state index >= 15 is 0 Å². The van der Waals surface area contributed by atoms with Crippen molar-refractivity contribution in [2.45, 2.75) is 31.7 Å².